The summed E-state index contributed by atoms with van der Waals surface area (Å²) in [6.45, 7) is 5.45. The quantitative estimate of drug-likeness (QED) is 0.658. The summed E-state index contributed by atoms with van der Waals surface area (Å²) < 4.78 is 5.41. The van der Waals surface area contributed by atoms with Crippen LogP contribution in [0.4, 0.5) is 5.69 Å². The molecule has 1 N–H and O–H groups in total. The molecule has 0 spiro atoms. The van der Waals surface area contributed by atoms with Crippen molar-refractivity contribution in [2.24, 2.45) is 0 Å². The zero-order valence-electron chi connectivity index (χ0n) is 17.1. The van der Waals surface area contributed by atoms with Crippen molar-refractivity contribution in [1.29, 1.82) is 0 Å². The topological polar surface area (TPSA) is 84.4 Å². The van der Waals surface area contributed by atoms with Gasteiger partial charge in [-0.3, -0.25) is 19.7 Å². The van der Waals surface area contributed by atoms with Crippen LogP contribution < -0.4 is 5.32 Å². The fourth-order valence-corrected chi connectivity index (χ4v) is 3.72. The highest BCUT2D eigenvalue weighted by Gasteiger charge is 2.27. The Hall–Kier alpha value is -3.32. The Labute approximate surface area is 175 Å². The molecule has 0 bridgehead atoms. The second-order valence-electron chi connectivity index (χ2n) is 7.61. The molecule has 0 atom stereocenters. The van der Waals surface area contributed by atoms with E-state index in [1.807, 2.05) is 24.3 Å². The molecule has 7 heteroatoms. The highest BCUT2D eigenvalue weighted by Crippen LogP contribution is 2.29. The minimum absolute atomic E-state index is 0.360. The molecule has 0 saturated heterocycles. The largest absolute Gasteiger partial charge is 0.452 e. The Morgan fingerprint density at radius 1 is 1.20 bits per heavy atom. The third-order valence-corrected chi connectivity index (χ3v) is 5.29. The molecule has 1 aliphatic heterocycles. The zero-order valence-corrected chi connectivity index (χ0v) is 17.1. The van der Waals surface area contributed by atoms with Crippen LogP contribution in [-0.2, 0) is 22.5 Å². The number of aromatic nitrogens is 2. The van der Waals surface area contributed by atoms with Gasteiger partial charge < -0.3 is 10.1 Å². The van der Waals surface area contributed by atoms with Crippen LogP contribution in [0.3, 0.4) is 0 Å². The van der Waals surface area contributed by atoms with Crippen molar-refractivity contribution in [3.05, 3.63) is 65.6 Å². The normalized spacial score (nSPS) is 13.8. The van der Waals surface area contributed by atoms with E-state index in [0.717, 1.165) is 35.1 Å². The van der Waals surface area contributed by atoms with Gasteiger partial charge in [-0.15, -0.1) is 0 Å². The second-order valence-corrected chi connectivity index (χ2v) is 7.61. The Morgan fingerprint density at radius 3 is 2.80 bits per heavy atom. The van der Waals surface area contributed by atoms with Crippen LogP contribution in [0.25, 0.3) is 10.9 Å². The van der Waals surface area contributed by atoms with E-state index in [2.05, 4.69) is 29.0 Å². The lowest BCUT2D eigenvalue weighted by Crippen LogP contribution is -2.37. The summed E-state index contributed by atoms with van der Waals surface area (Å²) in [6, 6.07) is 11.4. The molecule has 0 fully saturated rings. The molecule has 0 saturated carbocycles. The molecule has 1 aliphatic rings. The summed E-state index contributed by atoms with van der Waals surface area (Å²) in [5.41, 5.74) is 3.65. The van der Waals surface area contributed by atoms with Gasteiger partial charge in [0.1, 0.15) is 0 Å². The van der Waals surface area contributed by atoms with E-state index in [-0.39, 0.29) is 6.61 Å². The van der Waals surface area contributed by atoms with Crippen molar-refractivity contribution in [1.82, 2.24) is 14.9 Å². The van der Waals surface area contributed by atoms with Gasteiger partial charge in [0.15, 0.2) is 6.61 Å². The molecule has 30 heavy (non-hydrogen) atoms. The van der Waals surface area contributed by atoms with E-state index >= 15 is 0 Å². The molecule has 4 rings (SSSR count). The first-order valence-electron chi connectivity index (χ1n) is 10.0. The number of benzene rings is 1. The van der Waals surface area contributed by atoms with Crippen LogP contribution in [0.5, 0.6) is 0 Å². The maximum absolute atomic E-state index is 13.1. The molecule has 154 valence electrons. The fourth-order valence-electron chi connectivity index (χ4n) is 3.72. The van der Waals surface area contributed by atoms with E-state index in [1.165, 1.54) is 6.20 Å². The summed E-state index contributed by atoms with van der Waals surface area (Å²) in [6.07, 6.45) is 3.93. The number of rotatable bonds is 5. The lowest BCUT2D eigenvalue weighted by Gasteiger charge is -2.32. The van der Waals surface area contributed by atoms with E-state index in [0.29, 0.717) is 23.8 Å². The summed E-state index contributed by atoms with van der Waals surface area (Å²) in [5.74, 6) is -0.913. The monoisotopic (exact) mass is 404 g/mol. The molecule has 3 aromatic rings. The summed E-state index contributed by atoms with van der Waals surface area (Å²) in [7, 11) is 0. The number of hydrogen-bond donors (Lipinski definition) is 1. The third kappa shape index (κ3) is 4.16. The van der Waals surface area contributed by atoms with Crippen LogP contribution in [0, 0.1) is 0 Å². The number of fused-ring (bicyclic) bond motifs is 2. The number of hydrogen-bond acceptors (Lipinski definition) is 6. The number of nitrogens with one attached hydrogen (secondary N) is 1. The standard InChI is InChI=1S/C23H24N4O3/c1-15(2)27-11-9-20-18(13-27)22(17-7-3-4-8-19(17)26-20)23(29)30-14-21(28)25-16-6-5-10-24-12-16/h3-8,10,12,15H,9,11,13-14H2,1-2H3,(H,25,28). The number of carbonyl (C=O) groups is 2. The van der Waals surface area contributed by atoms with Crippen LogP contribution in [0.15, 0.2) is 48.8 Å². The van der Waals surface area contributed by atoms with Gasteiger partial charge in [0.05, 0.1) is 23.0 Å². The SMILES string of the molecule is CC(C)N1CCc2nc3ccccc3c(C(=O)OCC(=O)Nc3cccnc3)c2C1. The number of para-hydroxylation sites is 1. The van der Waals surface area contributed by atoms with Crippen molar-refractivity contribution in [3.63, 3.8) is 0 Å². The molecule has 1 amide bonds. The van der Waals surface area contributed by atoms with Crippen molar-refractivity contribution >= 4 is 28.5 Å². The van der Waals surface area contributed by atoms with Gasteiger partial charge in [0.2, 0.25) is 0 Å². The lowest BCUT2D eigenvalue weighted by atomic mass is 9.95. The van der Waals surface area contributed by atoms with Gasteiger partial charge in [0, 0.05) is 48.4 Å². The molecule has 3 heterocycles. The van der Waals surface area contributed by atoms with Crippen molar-refractivity contribution in [3.8, 4) is 0 Å². The lowest BCUT2D eigenvalue weighted by molar-refractivity contribution is -0.119. The first kappa shape index (κ1) is 20.0. The number of pyridine rings is 2. The Bertz CT molecular complexity index is 1080. The van der Waals surface area contributed by atoms with Gasteiger partial charge in [-0.1, -0.05) is 18.2 Å². The van der Waals surface area contributed by atoms with E-state index in [9.17, 15) is 9.59 Å². The minimum Gasteiger partial charge on any atom is -0.452 e. The van der Waals surface area contributed by atoms with E-state index < -0.39 is 11.9 Å². The first-order valence-corrected chi connectivity index (χ1v) is 10.0. The molecule has 0 radical (unpaired) electrons. The Morgan fingerprint density at radius 2 is 2.03 bits per heavy atom. The third-order valence-electron chi connectivity index (χ3n) is 5.29. The van der Waals surface area contributed by atoms with Gasteiger partial charge in [-0.25, -0.2) is 4.79 Å². The smallest absolute Gasteiger partial charge is 0.339 e. The Kier molecular flexibility index (Phi) is 5.72. The van der Waals surface area contributed by atoms with Crippen LogP contribution in [0.2, 0.25) is 0 Å². The predicted octanol–water partition coefficient (Wildman–Crippen LogP) is 3.19. The maximum atomic E-state index is 13.1. The van der Waals surface area contributed by atoms with E-state index in [1.54, 1.807) is 18.3 Å². The minimum atomic E-state index is -0.503. The predicted molar refractivity (Wildman–Crippen MR) is 114 cm³/mol. The average Bonchev–Trinajstić information content (AvgIpc) is 2.76. The second kappa shape index (κ2) is 8.59. The fraction of sp³-hybridized carbons (Fsp3) is 0.304. The average molecular weight is 404 g/mol. The summed E-state index contributed by atoms with van der Waals surface area (Å²) in [5, 5.41) is 3.42. The first-order chi connectivity index (χ1) is 14.5. The van der Waals surface area contributed by atoms with Gasteiger partial charge in [-0.05, 0) is 32.0 Å². The Balaban J connectivity index is 1.60. The van der Waals surface area contributed by atoms with Crippen LogP contribution >= 0.6 is 0 Å². The highest BCUT2D eigenvalue weighted by molar-refractivity contribution is 6.06. The number of nitrogens with zero attached hydrogens (tertiary/aromatic N) is 3. The summed E-state index contributed by atoms with van der Waals surface area (Å²) in [4.78, 5) is 36.4. The number of esters is 1. The molecular weight excluding hydrogens is 380 g/mol. The number of amides is 1. The van der Waals surface area contributed by atoms with Crippen molar-refractivity contribution in [2.45, 2.75) is 32.9 Å². The maximum Gasteiger partial charge on any atom is 0.339 e. The van der Waals surface area contributed by atoms with Gasteiger partial charge in [0.25, 0.3) is 5.91 Å². The molecule has 7 nitrogen and oxygen atoms in total. The van der Waals surface area contributed by atoms with Crippen molar-refractivity contribution < 1.29 is 14.3 Å². The summed E-state index contributed by atoms with van der Waals surface area (Å²) >= 11 is 0. The molecular formula is C23H24N4O3. The molecule has 0 aliphatic carbocycles. The highest BCUT2D eigenvalue weighted by atomic mass is 16.5. The molecule has 2 aromatic heterocycles. The number of anilines is 1. The van der Waals surface area contributed by atoms with Crippen LogP contribution in [0.1, 0.15) is 35.5 Å². The van der Waals surface area contributed by atoms with Gasteiger partial charge in [-0.2, -0.15) is 0 Å². The van der Waals surface area contributed by atoms with E-state index in [4.69, 9.17) is 9.72 Å². The van der Waals surface area contributed by atoms with Crippen molar-refractivity contribution in [2.75, 3.05) is 18.5 Å². The van der Waals surface area contributed by atoms with Gasteiger partial charge >= 0.3 is 5.97 Å². The van der Waals surface area contributed by atoms with Crippen LogP contribution in [-0.4, -0.2) is 45.9 Å². The molecule has 1 aromatic carbocycles. The molecule has 0 unspecified atom stereocenters. The number of ether oxygens (including phenoxy) is 1. The zero-order chi connectivity index (χ0) is 21.1. The number of carbonyl (C=O) groups excluding carboxylic acids is 2.